The Hall–Kier alpha value is -0.670. The molecular formula is C12H16BrNO. The van der Waals surface area contributed by atoms with Gasteiger partial charge in [-0.25, -0.2) is 0 Å². The smallest absolute Gasteiger partial charge is 0.133 e. The van der Waals surface area contributed by atoms with Crippen molar-refractivity contribution in [1.82, 2.24) is 4.90 Å². The van der Waals surface area contributed by atoms with Crippen LogP contribution in [0.4, 0.5) is 0 Å². The molecule has 0 aliphatic rings. The van der Waals surface area contributed by atoms with Gasteiger partial charge in [-0.15, -0.1) is 0 Å². The molecule has 0 N–H and O–H groups in total. The van der Waals surface area contributed by atoms with Crippen molar-refractivity contribution >= 4 is 22.2 Å². The number of aldehydes is 1. The number of rotatable bonds is 5. The highest BCUT2D eigenvalue weighted by atomic mass is 79.9. The Morgan fingerprint density at radius 2 is 2.20 bits per heavy atom. The van der Waals surface area contributed by atoms with Crippen LogP contribution in [0.3, 0.4) is 0 Å². The Bertz CT molecular complexity index is 338. The SMILES string of the molecule is Cc1ccc(Br)cc1CCN(C)CC=O. The lowest BCUT2D eigenvalue weighted by atomic mass is 10.1. The van der Waals surface area contributed by atoms with Crippen LogP contribution in [0.2, 0.25) is 0 Å². The summed E-state index contributed by atoms with van der Waals surface area (Å²) >= 11 is 3.46. The third-order valence-electron chi connectivity index (χ3n) is 2.46. The Balaban J connectivity index is 2.56. The molecule has 15 heavy (non-hydrogen) atoms. The summed E-state index contributed by atoms with van der Waals surface area (Å²) in [5, 5.41) is 0. The molecule has 1 aromatic carbocycles. The van der Waals surface area contributed by atoms with E-state index >= 15 is 0 Å². The summed E-state index contributed by atoms with van der Waals surface area (Å²) in [6, 6.07) is 6.30. The summed E-state index contributed by atoms with van der Waals surface area (Å²) in [6.45, 7) is 3.53. The third kappa shape index (κ3) is 4.14. The lowest BCUT2D eigenvalue weighted by molar-refractivity contribution is -0.108. The Morgan fingerprint density at radius 1 is 1.47 bits per heavy atom. The summed E-state index contributed by atoms with van der Waals surface area (Å²) in [7, 11) is 1.96. The van der Waals surface area contributed by atoms with Gasteiger partial charge in [0.15, 0.2) is 0 Å². The van der Waals surface area contributed by atoms with Crippen LogP contribution in [0.25, 0.3) is 0 Å². The van der Waals surface area contributed by atoms with Gasteiger partial charge < -0.3 is 4.79 Å². The van der Waals surface area contributed by atoms with Crippen molar-refractivity contribution in [3.05, 3.63) is 33.8 Å². The minimum absolute atomic E-state index is 0.507. The first-order valence-electron chi connectivity index (χ1n) is 5.00. The first kappa shape index (κ1) is 12.4. The highest BCUT2D eigenvalue weighted by Gasteiger charge is 2.02. The quantitative estimate of drug-likeness (QED) is 0.766. The van der Waals surface area contributed by atoms with Crippen LogP contribution >= 0.6 is 15.9 Å². The maximum atomic E-state index is 10.3. The van der Waals surface area contributed by atoms with Crippen LogP contribution in [-0.2, 0) is 11.2 Å². The van der Waals surface area contributed by atoms with E-state index in [4.69, 9.17) is 0 Å². The summed E-state index contributed by atoms with van der Waals surface area (Å²) in [6.07, 6.45) is 1.92. The van der Waals surface area contributed by atoms with E-state index in [1.165, 1.54) is 11.1 Å². The van der Waals surface area contributed by atoms with Gasteiger partial charge in [0.05, 0.1) is 6.54 Å². The van der Waals surface area contributed by atoms with Gasteiger partial charge in [-0.3, -0.25) is 4.90 Å². The van der Waals surface area contributed by atoms with Gasteiger partial charge in [0.1, 0.15) is 6.29 Å². The normalized spacial score (nSPS) is 10.7. The molecule has 0 aromatic heterocycles. The van der Waals surface area contributed by atoms with Crippen molar-refractivity contribution in [2.45, 2.75) is 13.3 Å². The van der Waals surface area contributed by atoms with Gasteiger partial charge in [0, 0.05) is 11.0 Å². The van der Waals surface area contributed by atoms with Gasteiger partial charge >= 0.3 is 0 Å². The molecule has 0 saturated heterocycles. The molecule has 0 unspecified atom stereocenters. The number of hydrogen-bond donors (Lipinski definition) is 0. The van der Waals surface area contributed by atoms with Crippen molar-refractivity contribution in [3.8, 4) is 0 Å². The van der Waals surface area contributed by atoms with Gasteiger partial charge in [0.25, 0.3) is 0 Å². The molecule has 3 heteroatoms. The summed E-state index contributed by atoms with van der Waals surface area (Å²) < 4.78 is 1.11. The Morgan fingerprint density at radius 3 is 2.87 bits per heavy atom. The molecule has 0 saturated carbocycles. The van der Waals surface area contributed by atoms with Crippen molar-refractivity contribution < 1.29 is 4.79 Å². The Kier molecular flexibility index (Phi) is 4.99. The number of carbonyl (C=O) groups excluding carboxylic acids is 1. The molecule has 0 atom stereocenters. The molecule has 1 aromatic rings. The fourth-order valence-corrected chi connectivity index (χ4v) is 1.85. The van der Waals surface area contributed by atoms with Crippen molar-refractivity contribution in [2.24, 2.45) is 0 Å². The first-order chi connectivity index (χ1) is 7.13. The number of benzene rings is 1. The molecular weight excluding hydrogens is 254 g/mol. The molecule has 0 heterocycles. The van der Waals surface area contributed by atoms with E-state index in [1.54, 1.807) is 0 Å². The predicted molar refractivity (Wildman–Crippen MR) is 66.1 cm³/mol. The minimum Gasteiger partial charge on any atom is -0.302 e. The van der Waals surface area contributed by atoms with Crippen LogP contribution < -0.4 is 0 Å². The van der Waals surface area contributed by atoms with Crippen LogP contribution in [0.1, 0.15) is 11.1 Å². The predicted octanol–water partition coefficient (Wildman–Crippen LogP) is 2.43. The molecule has 0 radical (unpaired) electrons. The highest BCUT2D eigenvalue weighted by molar-refractivity contribution is 9.10. The van der Waals surface area contributed by atoms with Crippen molar-refractivity contribution in [1.29, 1.82) is 0 Å². The molecule has 0 amide bonds. The van der Waals surface area contributed by atoms with E-state index in [0.29, 0.717) is 6.54 Å². The topological polar surface area (TPSA) is 20.3 Å². The molecule has 0 spiro atoms. The van der Waals surface area contributed by atoms with Gasteiger partial charge in [-0.2, -0.15) is 0 Å². The number of halogens is 1. The number of aryl methyl sites for hydroxylation is 1. The minimum atomic E-state index is 0.507. The van der Waals surface area contributed by atoms with Gasteiger partial charge in [0.2, 0.25) is 0 Å². The summed E-state index contributed by atoms with van der Waals surface area (Å²) in [4.78, 5) is 12.3. The molecule has 0 fully saturated rings. The first-order valence-corrected chi connectivity index (χ1v) is 5.80. The molecule has 0 bridgehead atoms. The molecule has 0 aliphatic carbocycles. The van der Waals surface area contributed by atoms with Crippen LogP contribution in [-0.4, -0.2) is 31.3 Å². The van der Waals surface area contributed by atoms with E-state index in [2.05, 4.69) is 35.0 Å². The monoisotopic (exact) mass is 269 g/mol. The number of nitrogens with zero attached hydrogens (tertiary/aromatic N) is 1. The zero-order valence-electron chi connectivity index (χ0n) is 9.16. The number of likely N-dealkylation sites (N-methyl/N-ethyl adjacent to an activating group) is 1. The highest BCUT2D eigenvalue weighted by Crippen LogP contribution is 2.16. The van der Waals surface area contributed by atoms with E-state index in [-0.39, 0.29) is 0 Å². The van der Waals surface area contributed by atoms with Gasteiger partial charge in [-0.05, 0) is 43.7 Å². The zero-order valence-corrected chi connectivity index (χ0v) is 10.8. The standard InChI is InChI=1S/C12H16BrNO/c1-10-3-4-12(13)9-11(10)5-6-14(2)7-8-15/h3-4,8-9H,5-7H2,1-2H3. The van der Waals surface area contributed by atoms with Gasteiger partial charge in [-0.1, -0.05) is 22.0 Å². The van der Waals surface area contributed by atoms with E-state index in [9.17, 15) is 4.79 Å². The largest absolute Gasteiger partial charge is 0.302 e. The fraction of sp³-hybridized carbons (Fsp3) is 0.417. The lowest BCUT2D eigenvalue weighted by Crippen LogP contribution is -2.23. The second-order valence-electron chi connectivity index (χ2n) is 3.75. The molecule has 1 rings (SSSR count). The fourth-order valence-electron chi connectivity index (χ4n) is 1.44. The number of hydrogen-bond acceptors (Lipinski definition) is 2. The zero-order chi connectivity index (χ0) is 11.3. The van der Waals surface area contributed by atoms with E-state index in [0.717, 1.165) is 23.7 Å². The Labute approximate surface area is 99.4 Å². The lowest BCUT2D eigenvalue weighted by Gasteiger charge is -2.14. The van der Waals surface area contributed by atoms with Crippen molar-refractivity contribution in [3.63, 3.8) is 0 Å². The molecule has 82 valence electrons. The molecule has 0 aliphatic heterocycles. The van der Waals surface area contributed by atoms with E-state index in [1.807, 2.05) is 18.0 Å². The number of carbonyl (C=O) groups is 1. The van der Waals surface area contributed by atoms with Crippen LogP contribution in [0, 0.1) is 6.92 Å². The maximum absolute atomic E-state index is 10.3. The van der Waals surface area contributed by atoms with Crippen molar-refractivity contribution in [2.75, 3.05) is 20.1 Å². The third-order valence-corrected chi connectivity index (χ3v) is 2.95. The average Bonchev–Trinajstić information content (AvgIpc) is 2.20. The summed E-state index contributed by atoms with van der Waals surface area (Å²) in [5.41, 5.74) is 2.64. The summed E-state index contributed by atoms with van der Waals surface area (Å²) in [5.74, 6) is 0. The second kappa shape index (κ2) is 6.03. The second-order valence-corrected chi connectivity index (χ2v) is 4.67. The average molecular weight is 270 g/mol. The van der Waals surface area contributed by atoms with E-state index < -0.39 is 0 Å². The maximum Gasteiger partial charge on any atom is 0.133 e. The van der Waals surface area contributed by atoms with Crippen LogP contribution in [0.15, 0.2) is 22.7 Å². The molecule has 2 nitrogen and oxygen atoms in total. The van der Waals surface area contributed by atoms with Crippen LogP contribution in [0.5, 0.6) is 0 Å².